The molecule has 27 heavy (non-hydrogen) atoms. The smallest absolute Gasteiger partial charge is 0.229 e. The monoisotopic (exact) mass is 385 g/mol. The second-order valence-corrected chi connectivity index (χ2v) is 6.95. The quantitative estimate of drug-likeness (QED) is 0.844. The minimum absolute atomic E-state index is 0.127. The minimum Gasteiger partial charge on any atom is -0.326 e. The average molecular weight is 386 g/mol. The molecule has 1 atom stereocenters. The largest absolute Gasteiger partial charge is 0.326 e. The van der Waals surface area contributed by atoms with Crippen molar-refractivity contribution in [2.75, 3.05) is 22.1 Å². The van der Waals surface area contributed by atoms with Gasteiger partial charge in [-0.3, -0.25) is 14.4 Å². The number of carbonyl (C=O) groups is 3. The van der Waals surface area contributed by atoms with Crippen molar-refractivity contribution in [3.63, 3.8) is 0 Å². The van der Waals surface area contributed by atoms with Crippen molar-refractivity contribution in [3.05, 3.63) is 53.1 Å². The van der Waals surface area contributed by atoms with Gasteiger partial charge in [-0.25, -0.2) is 0 Å². The Hall–Kier alpha value is -2.86. The third-order valence-electron chi connectivity index (χ3n) is 4.50. The first-order valence-electron chi connectivity index (χ1n) is 8.59. The van der Waals surface area contributed by atoms with Gasteiger partial charge in [0.05, 0.1) is 5.92 Å². The maximum Gasteiger partial charge on any atom is 0.229 e. The maximum absolute atomic E-state index is 12.6. The van der Waals surface area contributed by atoms with Crippen LogP contribution in [0.1, 0.15) is 18.9 Å². The zero-order valence-corrected chi connectivity index (χ0v) is 15.8. The second-order valence-electron chi connectivity index (χ2n) is 6.54. The van der Waals surface area contributed by atoms with E-state index in [0.29, 0.717) is 22.1 Å². The summed E-state index contributed by atoms with van der Waals surface area (Å²) in [5.41, 5.74) is 2.69. The van der Waals surface area contributed by atoms with Gasteiger partial charge in [0, 0.05) is 42.0 Å². The number of anilines is 3. The maximum atomic E-state index is 12.6. The van der Waals surface area contributed by atoms with Crippen molar-refractivity contribution in [2.24, 2.45) is 5.92 Å². The van der Waals surface area contributed by atoms with Crippen molar-refractivity contribution < 1.29 is 14.4 Å². The molecule has 0 unspecified atom stereocenters. The Morgan fingerprint density at radius 3 is 2.63 bits per heavy atom. The van der Waals surface area contributed by atoms with Crippen LogP contribution in [0.25, 0.3) is 0 Å². The highest BCUT2D eigenvalue weighted by Gasteiger charge is 2.35. The van der Waals surface area contributed by atoms with Crippen LogP contribution in [0.2, 0.25) is 5.02 Å². The third kappa shape index (κ3) is 4.28. The molecule has 0 aliphatic carbocycles. The molecule has 0 aromatic heterocycles. The molecule has 2 N–H and O–H groups in total. The van der Waals surface area contributed by atoms with Crippen LogP contribution < -0.4 is 15.5 Å². The predicted molar refractivity (Wildman–Crippen MR) is 106 cm³/mol. The fourth-order valence-electron chi connectivity index (χ4n) is 3.07. The van der Waals surface area contributed by atoms with E-state index in [9.17, 15) is 14.4 Å². The van der Waals surface area contributed by atoms with E-state index < -0.39 is 5.92 Å². The van der Waals surface area contributed by atoms with E-state index in [1.807, 2.05) is 6.92 Å². The number of halogens is 1. The lowest BCUT2D eigenvalue weighted by Crippen LogP contribution is -2.28. The van der Waals surface area contributed by atoms with E-state index in [4.69, 9.17) is 11.6 Å². The molecule has 7 heteroatoms. The topological polar surface area (TPSA) is 78.5 Å². The van der Waals surface area contributed by atoms with Gasteiger partial charge in [0.1, 0.15) is 0 Å². The summed E-state index contributed by atoms with van der Waals surface area (Å²) in [5, 5.41) is 6.13. The Labute approximate surface area is 162 Å². The first kappa shape index (κ1) is 18.9. The van der Waals surface area contributed by atoms with E-state index in [1.54, 1.807) is 47.4 Å². The normalized spacial score (nSPS) is 16.3. The van der Waals surface area contributed by atoms with Gasteiger partial charge in [0.15, 0.2) is 0 Å². The molecule has 6 nitrogen and oxygen atoms in total. The highest BCUT2D eigenvalue weighted by Crippen LogP contribution is 2.29. The van der Waals surface area contributed by atoms with Crippen LogP contribution in [0.5, 0.6) is 0 Å². The van der Waals surface area contributed by atoms with E-state index in [1.165, 1.54) is 6.92 Å². The highest BCUT2D eigenvalue weighted by atomic mass is 35.5. The SMILES string of the molecule is CC(=O)Nc1cccc(N2C[C@@H](C(=O)Nc3cccc(Cl)c3C)CC2=O)c1. The van der Waals surface area contributed by atoms with Crippen LogP contribution in [0, 0.1) is 12.8 Å². The fourth-order valence-corrected chi connectivity index (χ4v) is 3.24. The molecule has 140 valence electrons. The minimum atomic E-state index is -0.458. The van der Waals surface area contributed by atoms with Crippen LogP contribution in [0.3, 0.4) is 0 Å². The zero-order chi connectivity index (χ0) is 19.6. The first-order chi connectivity index (χ1) is 12.8. The zero-order valence-electron chi connectivity index (χ0n) is 15.1. The molecule has 0 spiro atoms. The molecule has 0 saturated carbocycles. The van der Waals surface area contributed by atoms with Crippen molar-refractivity contribution in [2.45, 2.75) is 20.3 Å². The summed E-state index contributed by atoms with van der Waals surface area (Å²) in [4.78, 5) is 37.8. The molecule has 2 aromatic rings. The Morgan fingerprint density at radius 1 is 1.15 bits per heavy atom. The van der Waals surface area contributed by atoms with E-state index in [0.717, 1.165) is 5.56 Å². The Kier molecular flexibility index (Phi) is 5.46. The van der Waals surface area contributed by atoms with Crippen LogP contribution in [0.15, 0.2) is 42.5 Å². The lowest BCUT2D eigenvalue weighted by atomic mass is 10.1. The van der Waals surface area contributed by atoms with Gasteiger partial charge >= 0.3 is 0 Å². The molecule has 1 saturated heterocycles. The van der Waals surface area contributed by atoms with E-state index >= 15 is 0 Å². The van der Waals surface area contributed by atoms with Gasteiger partial charge in [0.25, 0.3) is 0 Å². The molecule has 3 amide bonds. The van der Waals surface area contributed by atoms with Crippen molar-refractivity contribution in [3.8, 4) is 0 Å². The summed E-state index contributed by atoms with van der Waals surface area (Å²) in [6.45, 7) is 3.54. The summed E-state index contributed by atoms with van der Waals surface area (Å²) in [5.74, 6) is -0.985. The molecule has 1 aliphatic rings. The van der Waals surface area contributed by atoms with Crippen molar-refractivity contribution in [1.82, 2.24) is 0 Å². The molecule has 1 aliphatic heterocycles. The van der Waals surface area contributed by atoms with Gasteiger partial charge in [-0.1, -0.05) is 23.7 Å². The first-order valence-corrected chi connectivity index (χ1v) is 8.97. The molecule has 0 bridgehead atoms. The number of hydrogen-bond acceptors (Lipinski definition) is 3. The predicted octanol–water partition coefficient (Wildman–Crippen LogP) is 3.60. The Morgan fingerprint density at radius 2 is 1.89 bits per heavy atom. The van der Waals surface area contributed by atoms with Crippen LogP contribution in [-0.4, -0.2) is 24.3 Å². The summed E-state index contributed by atoms with van der Waals surface area (Å²) in [6, 6.07) is 12.3. The number of rotatable bonds is 4. The number of hydrogen-bond donors (Lipinski definition) is 2. The van der Waals surface area contributed by atoms with Crippen LogP contribution in [-0.2, 0) is 14.4 Å². The van der Waals surface area contributed by atoms with Gasteiger partial charge in [-0.2, -0.15) is 0 Å². The molecule has 1 fully saturated rings. The number of amides is 3. The summed E-state index contributed by atoms with van der Waals surface area (Å²) in [6.07, 6.45) is 0.135. The molecular formula is C20H20ClN3O3. The fraction of sp³-hybridized carbons (Fsp3) is 0.250. The molecule has 3 rings (SSSR count). The lowest BCUT2D eigenvalue weighted by Gasteiger charge is -2.18. The van der Waals surface area contributed by atoms with Crippen molar-refractivity contribution in [1.29, 1.82) is 0 Å². The Balaban J connectivity index is 1.72. The molecular weight excluding hydrogens is 366 g/mol. The van der Waals surface area contributed by atoms with Crippen molar-refractivity contribution >= 4 is 46.4 Å². The molecule has 2 aromatic carbocycles. The average Bonchev–Trinajstić information content (AvgIpc) is 3.00. The third-order valence-corrected chi connectivity index (χ3v) is 4.91. The van der Waals surface area contributed by atoms with Crippen LogP contribution >= 0.6 is 11.6 Å². The summed E-state index contributed by atoms with van der Waals surface area (Å²) < 4.78 is 0. The standard InChI is InChI=1S/C20H20ClN3O3/c1-12-17(21)7-4-8-18(12)23-20(27)14-9-19(26)24(11-14)16-6-3-5-15(10-16)22-13(2)25/h3-8,10,14H,9,11H2,1-2H3,(H,22,25)(H,23,27)/t14-/m0/s1. The van der Waals surface area contributed by atoms with E-state index in [-0.39, 0.29) is 30.7 Å². The summed E-state index contributed by atoms with van der Waals surface area (Å²) in [7, 11) is 0. The lowest BCUT2D eigenvalue weighted by molar-refractivity contribution is -0.122. The van der Waals surface area contributed by atoms with Crippen LogP contribution in [0.4, 0.5) is 17.1 Å². The number of nitrogens with zero attached hydrogens (tertiary/aromatic N) is 1. The number of benzene rings is 2. The molecule has 0 radical (unpaired) electrons. The van der Waals surface area contributed by atoms with Gasteiger partial charge in [0.2, 0.25) is 17.7 Å². The summed E-state index contributed by atoms with van der Waals surface area (Å²) >= 11 is 6.09. The Bertz CT molecular complexity index is 913. The van der Waals surface area contributed by atoms with E-state index in [2.05, 4.69) is 10.6 Å². The highest BCUT2D eigenvalue weighted by molar-refractivity contribution is 6.31. The van der Waals surface area contributed by atoms with Gasteiger partial charge in [-0.15, -0.1) is 0 Å². The number of carbonyl (C=O) groups excluding carboxylic acids is 3. The van der Waals surface area contributed by atoms with Gasteiger partial charge < -0.3 is 15.5 Å². The molecule has 1 heterocycles. The number of nitrogens with one attached hydrogen (secondary N) is 2. The second kappa shape index (κ2) is 7.80. The van der Waals surface area contributed by atoms with Gasteiger partial charge in [-0.05, 0) is 42.8 Å².